The second-order valence-electron chi connectivity index (χ2n) is 12.3. The third-order valence-corrected chi connectivity index (χ3v) is 9.21. The second kappa shape index (κ2) is 12.4. The maximum Gasteiger partial charge on any atom is 0.416 e. The summed E-state index contributed by atoms with van der Waals surface area (Å²) in [6.07, 6.45) is -0.742. The van der Waals surface area contributed by atoms with Crippen LogP contribution in [0.2, 0.25) is 0 Å². The number of rotatable bonds is 9. The lowest BCUT2D eigenvalue weighted by Gasteiger charge is -2.60. The fourth-order valence-corrected chi connectivity index (χ4v) is 6.87. The van der Waals surface area contributed by atoms with Crippen LogP contribution in [0.4, 0.5) is 23.2 Å². The van der Waals surface area contributed by atoms with Gasteiger partial charge in [-0.15, -0.1) is 0 Å². The number of hydrogen-bond donors (Lipinski definition) is 1. The number of methoxy groups -OCH3 is 2. The Balaban J connectivity index is 1.02. The molecular weight excluding hydrogens is 618 g/mol. The van der Waals surface area contributed by atoms with Crippen molar-refractivity contribution >= 4 is 22.5 Å². The van der Waals surface area contributed by atoms with E-state index in [0.717, 1.165) is 23.4 Å². The Morgan fingerprint density at radius 1 is 0.979 bits per heavy atom. The number of alkyl halides is 3. The fourth-order valence-electron chi connectivity index (χ4n) is 6.87. The number of ether oxygens (including phenoxy) is 3. The van der Waals surface area contributed by atoms with E-state index in [1.807, 2.05) is 17.0 Å². The Kier molecular flexibility index (Phi) is 8.23. The summed E-state index contributed by atoms with van der Waals surface area (Å²) in [5.41, 5.74) is 0.938. The molecular formula is C34H33F4N5O4. The Bertz CT molecular complexity index is 1800. The molecule has 4 aromatic rings. The molecule has 6 heterocycles. The molecule has 246 valence electrons. The van der Waals surface area contributed by atoms with Gasteiger partial charge in [-0.25, -0.2) is 4.39 Å². The zero-order chi connectivity index (χ0) is 32.9. The van der Waals surface area contributed by atoms with E-state index >= 15 is 4.39 Å². The predicted molar refractivity (Wildman–Crippen MR) is 166 cm³/mol. The molecule has 0 saturated carbocycles. The molecule has 2 atom stereocenters. The maximum absolute atomic E-state index is 15.2. The first-order valence-corrected chi connectivity index (χ1v) is 15.3. The molecule has 4 saturated heterocycles. The topological polar surface area (TPSA) is 89.1 Å². The van der Waals surface area contributed by atoms with Gasteiger partial charge in [-0.3, -0.25) is 24.6 Å². The van der Waals surface area contributed by atoms with Crippen molar-refractivity contribution < 1.29 is 36.6 Å². The predicted octanol–water partition coefficient (Wildman–Crippen LogP) is 5.31. The highest BCUT2D eigenvalue weighted by Crippen LogP contribution is 2.39. The van der Waals surface area contributed by atoms with Gasteiger partial charge in [0.05, 0.1) is 62.4 Å². The van der Waals surface area contributed by atoms with Gasteiger partial charge in [0.25, 0.3) is 0 Å². The van der Waals surface area contributed by atoms with Gasteiger partial charge >= 0.3 is 6.18 Å². The van der Waals surface area contributed by atoms with Gasteiger partial charge in [-0.1, -0.05) is 6.07 Å². The van der Waals surface area contributed by atoms with Crippen LogP contribution in [0.3, 0.4) is 0 Å². The summed E-state index contributed by atoms with van der Waals surface area (Å²) in [5, 5.41) is 3.14. The molecule has 2 aromatic carbocycles. The molecule has 9 nitrogen and oxygen atoms in total. The van der Waals surface area contributed by atoms with Gasteiger partial charge in [0.1, 0.15) is 5.82 Å². The molecule has 0 aliphatic carbocycles. The van der Waals surface area contributed by atoms with Crippen molar-refractivity contribution in [3.8, 4) is 22.8 Å². The first kappa shape index (κ1) is 31.3. The average Bonchev–Trinajstić information content (AvgIpc) is 3.02. The van der Waals surface area contributed by atoms with Gasteiger partial charge in [-0.2, -0.15) is 13.2 Å². The number of hydrogen-bond acceptors (Lipinski definition) is 8. The third-order valence-electron chi connectivity index (χ3n) is 9.21. The number of nitrogens with zero attached hydrogens (tertiary/aromatic N) is 4. The summed E-state index contributed by atoms with van der Waals surface area (Å²) in [6, 6.07) is 11.4. The third kappa shape index (κ3) is 6.22. The average molecular weight is 652 g/mol. The molecule has 1 N–H and O–H groups in total. The lowest BCUT2D eigenvalue weighted by atomic mass is 9.84. The second-order valence-corrected chi connectivity index (χ2v) is 12.3. The number of anilines is 1. The monoisotopic (exact) mass is 651 g/mol. The number of piperazine rings is 1. The van der Waals surface area contributed by atoms with Crippen molar-refractivity contribution in [2.75, 3.05) is 45.8 Å². The van der Waals surface area contributed by atoms with Gasteiger partial charge in [-0.05, 0) is 47.9 Å². The standard InChI is InChI=1S/C34H33F4N5O4/c1-45-31-8-20-6-21(13-40-29(20)11-32(31)46-2)28-4-3-19(12-39-28)5-33(44)41-30-10-26(34(36,37)38)22(7-27(30)35)14-42-15-23-9-24(16-42)43(23)25-17-47-18-25/h3-4,6-8,10-13,23-25H,5,9,14-18H2,1-2H3,(H,41,44). The normalized spacial score (nSPS) is 20.0. The fraction of sp³-hybridized carbons (Fsp3) is 0.382. The van der Waals surface area contributed by atoms with Crippen molar-refractivity contribution in [2.45, 2.75) is 43.7 Å². The first-order valence-electron chi connectivity index (χ1n) is 15.3. The molecule has 2 aromatic heterocycles. The minimum Gasteiger partial charge on any atom is -0.493 e. The summed E-state index contributed by atoms with van der Waals surface area (Å²) in [5.74, 6) is -0.453. The Labute approximate surface area is 268 Å². The zero-order valence-electron chi connectivity index (χ0n) is 25.8. The summed E-state index contributed by atoms with van der Waals surface area (Å²) in [6.45, 7) is 2.62. The van der Waals surface area contributed by atoms with Gasteiger partial charge in [0, 0.05) is 61.1 Å². The highest BCUT2D eigenvalue weighted by Gasteiger charge is 2.49. The maximum atomic E-state index is 15.2. The molecule has 2 unspecified atom stereocenters. The van der Waals surface area contributed by atoms with Crippen molar-refractivity contribution in [3.05, 3.63) is 77.4 Å². The molecule has 47 heavy (non-hydrogen) atoms. The van der Waals surface area contributed by atoms with Crippen LogP contribution in [0.25, 0.3) is 22.2 Å². The number of amides is 1. The Hall–Kier alpha value is -4.33. The highest BCUT2D eigenvalue weighted by atomic mass is 19.4. The molecule has 2 bridgehead atoms. The molecule has 4 fully saturated rings. The number of pyridine rings is 2. The number of piperidine rings is 1. The summed E-state index contributed by atoms with van der Waals surface area (Å²) < 4.78 is 73.6. The lowest BCUT2D eigenvalue weighted by molar-refractivity contribution is -0.168. The van der Waals surface area contributed by atoms with Gasteiger partial charge < -0.3 is 19.5 Å². The molecule has 0 spiro atoms. The molecule has 4 aliphatic heterocycles. The number of nitrogens with one attached hydrogen (secondary N) is 1. The van der Waals surface area contributed by atoms with Crippen molar-refractivity contribution in [2.24, 2.45) is 0 Å². The van der Waals surface area contributed by atoms with Crippen molar-refractivity contribution in [1.29, 1.82) is 0 Å². The minimum atomic E-state index is -4.72. The van der Waals surface area contributed by atoms with Crippen LogP contribution >= 0.6 is 0 Å². The zero-order valence-corrected chi connectivity index (χ0v) is 25.8. The van der Waals surface area contributed by atoms with Crippen LogP contribution in [0.5, 0.6) is 11.5 Å². The van der Waals surface area contributed by atoms with E-state index < -0.39 is 29.2 Å². The van der Waals surface area contributed by atoms with E-state index in [9.17, 15) is 18.0 Å². The number of aromatic nitrogens is 2. The molecule has 8 rings (SSSR count). The van der Waals surface area contributed by atoms with Crippen molar-refractivity contribution in [3.63, 3.8) is 0 Å². The quantitative estimate of drug-likeness (QED) is 0.244. The molecule has 1 amide bonds. The minimum absolute atomic E-state index is 0.0194. The number of benzene rings is 2. The lowest BCUT2D eigenvalue weighted by Crippen LogP contribution is -2.73. The number of fused-ring (bicyclic) bond motifs is 3. The van der Waals surface area contributed by atoms with Crippen LogP contribution < -0.4 is 14.8 Å². The SMILES string of the molecule is COc1cc2cc(-c3ccc(CC(=O)Nc4cc(C(F)(F)F)c(CN5CC6CC(C5)N6C5COC5)cc4F)cn3)cnc2cc1OC. The number of halogens is 4. The van der Waals surface area contributed by atoms with Crippen LogP contribution in [0.15, 0.2) is 54.9 Å². The smallest absolute Gasteiger partial charge is 0.416 e. The van der Waals surface area contributed by atoms with E-state index in [-0.39, 0.29) is 30.6 Å². The molecule has 4 aliphatic rings. The highest BCUT2D eigenvalue weighted by molar-refractivity contribution is 5.92. The van der Waals surface area contributed by atoms with Crippen LogP contribution in [0.1, 0.15) is 23.1 Å². The van der Waals surface area contributed by atoms with Crippen LogP contribution in [0, 0.1) is 5.82 Å². The number of carbonyl (C=O) groups is 1. The van der Waals surface area contributed by atoms with E-state index in [0.29, 0.717) is 66.7 Å². The van der Waals surface area contributed by atoms with E-state index in [1.54, 1.807) is 38.6 Å². The van der Waals surface area contributed by atoms with Crippen LogP contribution in [-0.4, -0.2) is 84.3 Å². The van der Waals surface area contributed by atoms with Crippen molar-refractivity contribution in [1.82, 2.24) is 19.8 Å². The Morgan fingerprint density at radius 2 is 1.72 bits per heavy atom. The van der Waals surface area contributed by atoms with Gasteiger partial charge in [0.15, 0.2) is 11.5 Å². The van der Waals surface area contributed by atoms with Gasteiger partial charge in [0.2, 0.25) is 5.91 Å². The van der Waals surface area contributed by atoms with E-state index in [2.05, 4.69) is 20.2 Å². The summed E-state index contributed by atoms with van der Waals surface area (Å²) in [7, 11) is 3.10. The largest absolute Gasteiger partial charge is 0.493 e. The van der Waals surface area contributed by atoms with Crippen LogP contribution in [-0.2, 0) is 28.7 Å². The summed E-state index contributed by atoms with van der Waals surface area (Å²) >= 11 is 0. The van der Waals surface area contributed by atoms with E-state index in [4.69, 9.17) is 14.2 Å². The first-order chi connectivity index (χ1) is 22.6. The molecule has 13 heteroatoms. The summed E-state index contributed by atoms with van der Waals surface area (Å²) in [4.78, 5) is 26.1. The molecule has 0 radical (unpaired) electrons. The Morgan fingerprint density at radius 3 is 2.36 bits per heavy atom. The number of carbonyl (C=O) groups excluding carboxylic acids is 1. The van der Waals surface area contributed by atoms with E-state index in [1.165, 1.54) is 6.20 Å².